The van der Waals surface area contributed by atoms with E-state index in [1.165, 1.54) is 10.5 Å². The smallest absolute Gasteiger partial charge is 0.411 e. The molecule has 6 heteroatoms. The van der Waals surface area contributed by atoms with Crippen LogP contribution in [0.25, 0.3) is 0 Å². The molecule has 1 aromatic rings. The van der Waals surface area contributed by atoms with E-state index < -0.39 is 23.6 Å². The van der Waals surface area contributed by atoms with E-state index >= 15 is 0 Å². The Hall–Kier alpha value is -2.37. The molecule has 0 aromatic heterocycles. The van der Waals surface area contributed by atoms with Crippen LogP contribution in [-0.2, 0) is 24.5 Å². The first-order valence-corrected chi connectivity index (χ1v) is 11.5. The molecule has 2 aliphatic carbocycles. The fraction of sp³-hybridized carbons (Fsp3) is 0.640. The summed E-state index contributed by atoms with van der Waals surface area (Å²) < 4.78 is 11.2. The zero-order valence-corrected chi connectivity index (χ0v) is 18.9. The first kappa shape index (κ1) is 21.8. The van der Waals surface area contributed by atoms with Gasteiger partial charge in [-0.25, -0.2) is 9.59 Å². The maximum Gasteiger partial charge on any atom is 0.411 e. The van der Waals surface area contributed by atoms with Gasteiger partial charge < -0.3 is 9.47 Å². The number of Topliss-reactive ketones (excluding diaryl/α,β-unsaturated/α-hetero) is 1. The number of hydrogen-bond donors (Lipinski definition) is 0. The maximum atomic E-state index is 13.4. The Morgan fingerprint density at radius 1 is 1.16 bits per heavy atom. The highest BCUT2D eigenvalue weighted by Gasteiger charge is 2.79. The summed E-state index contributed by atoms with van der Waals surface area (Å²) in [6.45, 7) is 8.50. The van der Waals surface area contributed by atoms with Crippen molar-refractivity contribution in [3.05, 3.63) is 35.9 Å². The molecule has 0 spiro atoms. The molecule has 1 aliphatic heterocycles. The third-order valence-corrected chi connectivity index (χ3v) is 7.71. The van der Waals surface area contributed by atoms with Gasteiger partial charge in [0.15, 0.2) is 5.78 Å². The highest BCUT2D eigenvalue weighted by atomic mass is 16.6. The van der Waals surface area contributed by atoms with Crippen LogP contribution in [0.1, 0.15) is 65.4 Å². The third-order valence-electron chi connectivity index (χ3n) is 7.71. The zero-order chi connectivity index (χ0) is 22.4. The van der Waals surface area contributed by atoms with E-state index in [0.717, 1.165) is 19.3 Å². The third kappa shape index (κ3) is 3.44. The molecule has 1 aromatic carbocycles. The van der Waals surface area contributed by atoms with Crippen LogP contribution < -0.4 is 0 Å². The van der Waals surface area contributed by atoms with Crippen molar-refractivity contribution < 1.29 is 23.9 Å². The van der Waals surface area contributed by atoms with Gasteiger partial charge in [0.05, 0.1) is 12.6 Å². The number of esters is 1. The summed E-state index contributed by atoms with van der Waals surface area (Å²) in [4.78, 5) is 39.9. The molecule has 0 radical (unpaired) electrons. The Morgan fingerprint density at radius 3 is 2.55 bits per heavy atom. The Balaban J connectivity index is 1.58. The lowest BCUT2D eigenvalue weighted by molar-refractivity contribution is -0.162. The minimum atomic E-state index is -1.46. The monoisotopic (exact) mass is 427 g/mol. The van der Waals surface area contributed by atoms with Crippen LogP contribution in [0, 0.1) is 11.8 Å². The average molecular weight is 428 g/mol. The molecule has 3 fully saturated rings. The number of ketones is 1. The molecule has 3 aliphatic rings. The number of carbonyl (C=O) groups is 3. The van der Waals surface area contributed by atoms with Gasteiger partial charge in [-0.3, -0.25) is 9.69 Å². The topological polar surface area (TPSA) is 72.7 Å². The van der Waals surface area contributed by atoms with Gasteiger partial charge in [0.1, 0.15) is 6.10 Å². The minimum absolute atomic E-state index is 0.135. The number of nitrogens with zero attached hydrogens (tertiary/aromatic N) is 1. The van der Waals surface area contributed by atoms with Crippen LogP contribution in [0.3, 0.4) is 0 Å². The number of rotatable bonds is 5. The normalized spacial score (nSPS) is 32.4. The first-order chi connectivity index (χ1) is 14.7. The van der Waals surface area contributed by atoms with Gasteiger partial charge in [0.25, 0.3) is 0 Å². The summed E-state index contributed by atoms with van der Waals surface area (Å²) in [7, 11) is 0. The van der Waals surface area contributed by atoms with Crippen molar-refractivity contribution in [2.45, 2.75) is 82.9 Å². The summed E-state index contributed by atoms with van der Waals surface area (Å²) >= 11 is 0. The van der Waals surface area contributed by atoms with Crippen molar-refractivity contribution in [3.63, 3.8) is 0 Å². The highest BCUT2D eigenvalue weighted by molar-refractivity contribution is 6.18. The maximum absolute atomic E-state index is 13.4. The minimum Gasteiger partial charge on any atom is -0.460 e. The van der Waals surface area contributed by atoms with Gasteiger partial charge >= 0.3 is 12.1 Å². The Kier molecular flexibility index (Phi) is 5.61. The van der Waals surface area contributed by atoms with E-state index in [1.54, 1.807) is 6.92 Å². The summed E-state index contributed by atoms with van der Waals surface area (Å²) in [5, 5.41) is 0. The van der Waals surface area contributed by atoms with Crippen LogP contribution in [0.4, 0.5) is 4.79 Å². The molecular weight excluding hydrogens is 394 g/mol. The van der Waals surface area contributed by atoms with E-state index in [0.29, 0.717) is 18.8 Å². The predicted molar refractivity (Wildman–Crippen MR) is 115 cm³/mol. The number of amides is 1. The van der Waals surface area contributed by atoms with E-state index in [2.05, 4.69) is 32.9 Å². The van der Waals surface area contributed by atoms with Gasteiger partial charge in [-0.2, -0.15) is 0 Å². The molecule has 2 unspecified atom stereocenters. The molecule has 0 bridgehead atoms. The van der Waals surface area contributed by atoms with Gasteiger partial charge in [0, 0.05) is 12.3 Å². The van der Waals surface area contributed by atoms with E-state index in [9.17, 15) is 14.4 Å². The molecule has 6 nitrogen and oxygen atoms in total. The Morgan fingerprint density at radius 2 is 1.87 bits per heavy atom. The molecule has 5 atom stereocenters. The number of piperidine rings is 1. The number of likely N-dealkylation sites (tertiary alicyclic amines) is 1. The van der Waals surface area contributed by atoms with Crippen LogP contribution >= 0.6 is 0 Å². The molecule has 4 rings (SSSR count). The Bertz CT molecular complexity index is 866. The number of carbonyl (C=O) groups excluding carboxylic acids is 3. The molecule has 31 heavy (non-hydrogen) atoms. The zero-order valence-electron chi connectivity index (χ0n) is 18.9. The summed E-state index contributed by atoms with van der Waals surface area (Å²) in [6, 6.07) is 9.89. The Labute approximate surface area is 184 Å². The SMILES string of the molecule is CCOC(=O)N1C2CCC(=O)C21C(=O)O[C@@H]1C[C@H](C)CC[C@H]1C(C)(C)c1ccccc1. The number of ether oxygens (including phenoxy) is 2. The van der Waals surface area contributed by atoms with Gasteiger partial charge in [0.2, 0.25) is 5.54 Å². The molecule has 1 heterocycles. The van der Waals surface area contributed by atoms with Crippen molar-refractivity contribution in [1.29, 1.82) is 0 Å². The van der Waals surface area contributed by atoms with Crippen LogP contribution in [0.5, 0.6) is 0 Å². The summed E-state index contributed by atoms with van der Waals surface area (Å²) in [5.74, 6) is -0.218. The molecule has 1 amide bonds. The van der Waals surface area contributed by atoms with Crippen molar-refractivity contribution in [2.75, 3.05) is 6.61 Å². The van der Waals surface area contributed by atoms with Crippen molar-refractivity contribution >= 4 is 17.8 Å². The van der Waals surface area contributed by atoms with Gasteiger partial charge in [-0.05, 0) is 43.1 Å². The van der Waals surface area contributed by atoms with Crippen LogP contribution in [0.2, 0.25) is 0 Å². The van der Waals surface area contributed by atoms with Gasteiger partial charge in [-0.15, -0.1) is 0 Å². The number of hydrogen-bond acceptors (Lipinski definition) is 5. The fourth-order valence-corrected chi connectivity index (χ4v) is 5.87. The standard InChI is InChI=1S/C25H33NO5/c1-5-30-23(29)26-20-13-14-21(27)25(20,26)22(28)31-19-15-16(2)11-12-18(19)24(3,4)17-9-7-6-8-10-17/h6-10,16,18-20H,5,11-15H2,1-4H3/t16-,18-,19-,20?,25?,26?/m1/s1. The number of fused-ring (bicyclic) bond motifs is 1. The lowest BCUT2D eigenvalue weighted by Gasteiger charge is -2.44. The first-order valence-electron chi connectivity index (χ1n) is 11.5. The second-order valence-electron chi connectivity index (χ2n) is 9.87. The van der Waals surface area contributed by atoms with E-state index in [1.807, 2.05) is 18.2 Å². The molecule has 2 saturated carbocycles. The van der Waals surface area contributed by atoms with Crippen LogP contribution in [0.15, 0.2) is 30.3 Å². The largest absolute Gasteiger partial charge is 0.460 e. The summed E-state index contributed by atoms with van der Waals surface area (Å²) in [6.07, 6.45) is 2.70. The van der Waals surface area contributed by atoms with E-state index in [-0.39, 0.29) is 29.8 Å². The highest BCUT2D eigenvalue weighted by Crippen LogP contribution is 2.53. The summed E-state index contributed by atoms with van der Waals surface area (Å²) in [5.41, 5.74) is -0.440. The molecule has 0 N–H and O–H groups in total. The number of benzene rings is 1. The average Bonchev–Trinajstić information content (AvgIpc) is 3.32. The van der Waals surface area contributed by atoms with Gasteiger partial charge in [-0.1, -0.05) is 57.5 Å². The lowest BCUT2D eigenvalue weighted by atomic mass is 9.64. The predicted octanol–water partition coefficient (Wildman–Crippen LogP) is 4.25. The molecule has 1 saturated heterocycles. The lowest BCUT2D eigenvalue weighted by Crippen LogP contribution is -2.47. The quantitative estimate of drug-likeness (QED) is 0.399. The van der Waals surface area contributed by atoms with Crippen molar-refractivity contribution in [3.8, 4) is 0 Å². The van der Waals surface area contributed by atoms with Crippen LogP contribution in [-0.4, -0.2) is 47.0 Å². The molecule has 168 valence electrons. The second-order valence-corrected chi connectivity index (χ2v) is 9.87. The molecular formula is C25H33NO5. The van der Waals surface area contributed by atoms with Crippen molar-refractivity contribution in [1.82, 2.24) is 4.90 Å². The second kappa shape index (κ2) is 7.95. The van der Waals surface area contributed by atoms with E-state index in [4.69, 9.17) is 9.47 Å². The fourth-order valence-electron chi connectivity index (χ4n) is 5.87. The van der Waals surface area contributed by atoms with Crippen molar-refractivity contribution in [2.24, 2.45) is 11.8 Å².